The van der Waals surface area contributed by atoms with Gasteiger partial charge in [0, 0.05) is 32.3 Å². The van der Waals surface area contributed by atoms with Gasteiger partial charge in [-0.3, -0.25) is 9.11 Å². The van der Waals surface area contributed by atoms with Crippen molar-refractivity contribution in [1.29, 1.82) is 0 Å². The third-order valence-corrected chi connectivity index (χ3v) is 15.4. The zero-order valence-corrected chi connectivity index (χ0v) is 45.9. The molecule has 0 atom stereocenters. The van der Waals surface area contributed by atoms with E-state index in [0.717, 1.165) is 21.5 Å². The Morgan fingerprint density at radius 1 is 0.317 bits per heavy atom. The van der Waals surface area contributed by atoms with Gasteiger partial charge >= 0.3 is 17.4 Å². The van der Waals surface area contributed by atoms with Crippen LogP contribution in [0.1, 0.15) is 0 Å². The number of phenols is 1. The number of hydrogen-bond donors (Lipinski definition) is 3. The van der Waals surface area contributed by atoms with Crippen LogP contribution in [0.25, 0.3) is 64.6 Å². The number of rotatable bonds is 9. The van der Waals surface area contributed by atoms with Crippen LogP contribution in [0.5, 0.6) is 17.2 Å². The summed E-state index contributed by atoms with van der Waals surface area (Å²) in [7, 11) is -13.4. The molecule has 0 aliphatic heterocycles. The van der Waals surface area contributed by atoms with Gasteiger partial charge in [0.05, 0.1) is 33.3 Å². The molecule has 0 saturated heterocycles. The second-order valence-corrected chi connectivity index (χ2v) is 22.0. The van der Waals surface area contributed by atoms with Crippen molar-refractivity contribution in [1.82, 2.24) is 0 Å². The maximum Gasteiger partial charge on any atom is 3.00 e. The zero-order valence-electron chi connectivity index (χ0n) is 42.3. The summed E-state index contributed by atoms with van der Waals surface area (Å²) in [6.07, 6.45) is 0. The number of benzene rings is 12. The fraction of sp³-hybridized carbons (Fsp3) is 0. The van der Waals surface area contributed by atoms with E-state index in [1.165, 1.54) is 54.6 Å². The Kier molecular flexibility index (Phi) is 16.6. The predicted molar refractivity (Wildman–Crippen MR) is 310 cm³/mol. The van der Waals surface area contributed by atoms with Crippen LogP contribution in [0.2, 0.25) is 0 Å². The largest absolute Gasteiger partial charge is 3.00 e. The minimum Gasteiger partial charge on any atom is -0.871 e. The van der Waals surface area contributed by atoms with Crippen LogP contribution in [-0.4, -0.2) is 61.4 Å². The molecule has 12 rings (SSSR count). The maximum absolute atomic E-state index is 12.2. The molecule has 0 aliphatic rings. The van der Waals surface area contributed by atoms with Crippen LogP contribution in [0.4, 0.5) is 34.1 Å². The number of azo groups is 3. The molecule has 12 aromatic rings. The fourth-order valence-electron chi connectivity index (χ4n) is 8.90. The summed E-state index contributed by atoms with van der Waals surface area (Å²) < 4.78 is 99.6. The van der Waals surface area contributed by atoms with E-state index in [2.05, 4.69) is 30.7 Å². The van der Waals surface area contributed by atoms with Gasteiger partial charge in [-0.15, -0.1) is 5.11 Å². The first-order chi connectivity index (χ1) is 38.8. The quantitative estimate of drug-likeness (QED) is 0.0690. The Bertz CT molecular complexity index is 4440. The van der Waals surface area contributed by atoms with Crippen molar-refractivity contribution >= 4 is 146 Å². The smallest absolute Gasteiger partial charge is 0.871 e. The maximum atomic E-state index is 12.2. The van der Waals surface area contributed by atoms with Gasteiger partial charge in [-0.2, -0.15) is 42.4 Å². The number of fused-ring (bicyclic) bond motifs is 6. The Morgan fingerprint density at radius 2 is 0.610 bits per heavy atom. The normalized spacial score (nSPS) is 12.0. The molecule has 0 spiro atoms. The molecule has 0 amide bonds. The average Bonchev–Trinajstić information content (AvgIpc) is 3.60. The summed E-state index contributed by atoms with van der Waals surface area (Å²) in [5.41, 5.74) is 1.85. The van der Waals surface area contributed by atoms with Crippen LogP contribution >= 0.6 is 0 Å². The molecule has 0 heterocycles. The fourth-order valence-corrected chi connectivity index (χ4v) is 11.0. The van der Waals surface area contributed by atoms with Crippen LogP contribution < -0.4 is 10.2 Å². The van der Waals surface area contributed by atoms with Crippen molar-refractivity contribution in [3.8, 4) is 17.2 Å². The van der Waals surface area contributed by atoms with E-state index in [1.807, 2.05) is 60.7 Å². The summed E-state index contributed by atoms with van der Waals surface area (Å²) in [6, 6.07) is 60.0. The molecule has 12 aromatic carbocycles. The third kappa shape index (κ3) is 12.6. The van der Waals surface area contributed by atoms with Crippen LogP contribution in [-0.2, 0) is 30.4 Å². The standard InChI is InChI=1S/3C20H14N2O4S.Al/c3*23-18-11-9-13-4-1-2-6-16(13)20(18)22-21-15-10-8-14-5-3-7-19(17(14)12-15)27(24,25)26;/h3*1-12,23H,(H,24,25,26);/q;;;+3/p-3. The number of nitrogens with zero attached hydrogens (tertiary/aromatic N) is 6. The average molecular weight is 1160 g/mol. The van der Waals surface area contributed by atoms with E-state index in [0.29, 0.717) is 60.5 Å². The first-order valence-electron chi connectivity index (χ1n) is 24.1. The Hall–Kier alpha value is -9.34. The summed E-state index contributed by atoms with van der Waals surface area (Å²) in [5.74, 6) is -0.519. The number of hydrogen-bond acceptors (Lipinski definition) is 16. The van der Waals surface area contributed by atoms with Gasteiger partial charge in [-0.1, -0.05) is 169 Å². The van der Waals surface area contributed by atoms with E-state index < -0.39 is 30.4 Å². The summed E-state index contributed by atoms with van der Waals surface area (Å²) in [6.45, 7) is 0. The molecule has 18 nitrogen and oxygen atoms in total. The Labute approximate surface area is 478 Å². The van der Waals surface area contributed by atoms with Gasteiger partial charge in [0.25, 0.3) is 20.2 Å². The van der Waals surface area contributed by atoms with Crippen molar-refractivity contribution in [2.45, 2.75) is 14.7 Å². The van der Waals surface area contributed by atoms with Crippen molar-refractivity contribution in [2.24, 2.45) is 30.7 Å². The molecular formula is C60H39AlN6O12S3. The van der Waals surface area contributed by atoms with Crippen molar-refractivity contribution in [2.75, 3.05) is 0 Å². The monoisotopic (exact) mass is 1160 g/mol. The molecular weight excluding hydrogens is 1120 g/mol. The number of phenolic OH excluding ortho intramolecular Hbond substituents is 1. The molecule has 3 N–H and O–H groups in total. The van der Waals surface area contributed by atoms with Gasteiger partial charge in [0.1, 0.15) is 31.3 Å². The topological polar surface area (TPSA) is 306 Å². The van der Waals surface area contributed by atoms with Gasteiger partial charge < -0.3 is 19.9 Å². The molecule has 0 bridgehead atoms. The van der Waals surface area contributed by atoms with Gasteiger partial charge in [-0.05, 0) is 93.0 Å². The van der Waals surface area contributed by atoms with Gasteiger partial charge in [0.15, 0.2) is 0 Å². The molecule has 82 heavy (non-hydrogen) atoms. The van der Waals surface area contributed by atoms with E-state index in [-0.39, 0.29) is 66.1 Å². The molecule has 22 heteroatoms. The molecule has 402 valence electrons. The van der Waals surface area contributed by atoms with Crippen LogP contribution in [0.15, 0.2) is 264 Å². The summed E-state index contributed by atoms with van der Waals surface area (Å²) in [4.78, 5) is -0.705. The van der Waals surface area contributed by atoms with Crippen LogP contribution in [0, 0.1) is 0 Å². The van der Waals surface area contributed by atoms with E-state index in [9.17, 15) is 54.2 Å². The second-order valence-electron chi connectivity index (χ2n) is 17.9. The molecule has 0 saturated carbocycles. The van der Waals surface area contributed by atoms with Crippen LogP contribution in [0.3, 0.4) is 0 Å². The third-order valence-electron chi connectivity index (χ3n) is 12.7. The summed E-state index contributed by atoms with van der Waals surface area (Å²) >= 11 is 0. The summed E-state index contributed by atoms with van der Waals surface area (Å²) in [5, 5.41) is 66.8. The van der Waals surface area contributed by atoms with Crippen molar-refractivity contribution in [3.05, 3.63) is 218 Å². The first-order valence-corrected chi connectivity index (χ1v) is 28.4. The zero-order chi connectivity index (χ0) is 57.1. The number of aromatic hydroxyl groups is 1. The van der Waals surface area contributed by atoms with E-state index in [1.54, 1.807) is 103 Å². The van der Waals surface area contributed by atoms with Crippen molar-refractivity contribution in [3.63, 3.8) is 0 Å². The molecule has 0 unspecified atom stereocenters. The van der Waals surface area contributed by atoms with E-state index in [4.69, 9.17) is 0 Å². The Balaban J connectivity index is 0.000000147. The van der Waals surface area contributed by atoms with Crippen molar-refractivity contribution < 1.29 is 54.2 Å². The first kappa shape index (κ1) is 57.4. The van der Waals surface area contributed by atoms with E-state index >= 15 is 0 Å². The Morgan fingerprint density at radius 3 is 0.988 bits per heavy atom. The SMILES string of the molecule is O=S(=O)(O)c1cccc2ccc(N=Nc3c(O)ccc4ccccc34)cc12.O=S(=O)(O)c1cccc2ccc(N=Nc3c([O-])ccc4ccccc34)cc12.O=S(=O)([O-])c1cccc2ccc(N=Nc3c([O-])ccc4ccccc34)cc12.[Al+3]. The van der Waals surface area contributed by atoms with Gasteiger partial charge in [-0.25, -0.2) is 8.42 Å². The minimum absolute atomic E-state index is 0. The molecule has 0 fully saturated rings. The minimum atomic E-state index is -4.62. The molecule has 0 radical (unpaired) electrons. The second kappa shape index (κ2) is 23.8. The molecule has 0 aliphatic carbocycles. The van der Waals surface area contributed by atoms with Gasteiger partial charge in [0.2, 0.25) is 0 Å². The molecule has 0 aromatic heterocycles. The predicted octanol–water partition coefficient (Wildman–Crippen LogP) is 14.1.